The third-order valence-corrected chi connectivity index (χ3v) is 3.59. The van der Waals surface area contributed by atoms with Crippen LogP contribution in [0, 0.1) is 0 Å². The number of morpholine rings is 1. The van der Waals surface area contributed by atoms with Crippen LogP contribution in [0.25, 0.3) is 0 Å². The third kappa shape index (κ3) is 2.97. The summed E-state index contributed by atoms with van der Waals surface area (Å²) in [5.41, 5.74) is 7.89. The number of anilines is 1. The van der Waals surface area contributed by atoms with E-state index in [9.17, 15) is 0 Å². The average Bonchev–Trinajstić information content (AvgIpc) is 2.27. The molecule has 1 atom stereocenters. The van der Waals surface area contributed by atoms with E-state index in [-0.39, 0.29) is 11.6 Å². The minimum atomic E-state index is -0.107. The number of benzene rings is 1. The van der Waals surface area contributed by atoms with Gasteiger partial charge in [0.15, 0.2) is 0 Å². The van der Waals surface area contributed by atoms with Crippen molar-refractivity contribution >= 4 is 17.3 Å². The van der Waals surface area contributed by atoms with Crippen molar-refractivity contribution in [3.63, 3.8) is 0 Å². The molecule has 1 unspecified atom stereocenters. The van der Waals surface area contributed by atoms with Gasteiger partial charge in [0.25, 0.3) is 0 Å². The molecule has 18 heavy (non-hydrogen) atoms. The second-order valence-corrected chi connectivity index (χ2v) is 5.93. The number of nitrogens with zero attached hydrogens (tertiary/aromatic N) is 1. The zero-order chi connectivity index (χ0) is 13.3. The highest BCUT2D eigenvalue weighted by molar-refractivity contribution is 6.31. The van der Waals surface area contributed by atoms with E-state index in [4.69, 9.17) is 22.1 Å². The number of hydrogen-bond donors (Lipinski definition) is 1. The van der Waals surface area contributed by atoms with Crippen LogP contribution < -0.4 is 10.6 Å². The highest BCUT2D eigenvalue weighted by Crippen LogP contribution is 2.29. The van der Waals surface area contributed by atoms with Gasteiger partial charge in [-0.3, -0.25) is 0 Å². The number of ether oxygens (including phenoxy) is 1. The van der Waals surface area contributed by atoms with Crippen molar-refractivity contribution < 1.29 is 4.74 Å². The lowest BCUT2D eigenvalue weighted by Crippen LogP contribution is -2.48. The van der Waals surface area contributed by atoms with Gasteiger partial charge in [0.05, 0.1) is 12.2 Å². The number of nitrogens with two attached hydrogens (primary N) is 1. The van der Waals surface area contributed by atoms with Crippen molar-refractivity contribution in [1.29, 1.82) is 0 Å². The first-order valence-corrected chi connectivity index (χ1v) is 6.71. The molecule has 1 fully saturated rings. The van der Waals surface area contributed by atoms with Gasteiger partial charge >= 0.3 is 0 Å². The Bertz CT molecular complexity index is 432. The monoisotopic (exact) mass is 268 g/mol. The SMILES string of the molecule is CC(N)c1ccc(N2CCOC(C)(C)C2)cc1Cl. The molecule has 0 saturated carbocycles. The summed E-state index contributed by atoms with van der Waals surface area (Å²) < 4.78 is 5.71. The summed E-state index contributed by atoms with van der Waals surface area (Å²) in [6, 6.07) is 6.07. The molecule has 0 spiro atoms. The Morgan fingerprint density at radius 3 is 2.72 bits per heavy atom. The molecule has 0 aromatic heterocycles. The van der Waals surface area contributed by atoms with E-state index in [2.05, 4.69) is 24.8 Å². The lowest BCUT2D eigenvalue weighted by atomic mass is 10.1. The number of halogens is 1. The minimum absolute atomic E-state index is 0.0346. The predicted molar refractivity (Wildman–Crippen MR) is 76.3 cm³/mol. The zero-order valence-electron chi connectivity index (χ0n) is 11.2. The van der Waals surface area contributed by atoms with E-state index in [0.29, 0.717) is 0 Å². The topological polar surface area (TPSA) is 38.5 Å². The van der Waals surface area contributed by atoms with E-state index in [1.807, 2.05) is 19.1 Å². The third-order valence-electron chi connectivity index (χ3n) is 3.27. The molecule has 0 aliphatic carbocycles. The number of hydrogen-bond acceptors (Lipinski definition) is 3. The molecule has 100 valence electrons. The lowest BCUT2D eigenvalue weighted by molar-refractivity contribution is -0.0276. The fourth-order valence-corrected chi connectivity index (χ4v) is 2.67. The van der Waals surface area contributed by atoms with E-state index in [1.54, 1.807) is 0 Å². The van der Waals surface area contributed by atoms with Gasteiger partial charge in [-0.05, 0) is 38.5 Å². The predicted octanol–water partition coefficient (Wildman–Crippen LogP) is 2.97. The normalized spacial score (nSPS) is 20.8. The maximum atomic E-state index is 6.28. The molecule has 1 aromatic carbocycles. The van der Waals surface area contributed by atoms with Crippen molar-refractivity contribution in [2.45, 2.75) is 32.4 Å². The van der Waals surface area contributed by atoms with Crippen LogP contribution in [-0.2, 0) is 4.74 Å². The largest absolute Gasteiger partial charge is 0.372 e. The van der Waals surface area contributed by atoms with Gasteiger partial charge in [0, 0.05) is 29.8 Å². The van der Waals surface area contributed by atoms with E-state index < -0.39 is 0 Å². The minimum Gasteiger partial charge on any atom is -0.372 e. The fraction of sp³-hybridized carbons (Fsp3) is 0.571. The van der Waals surface area contributed by atoms with Crippen LogP contribution in [0.5, 0.6) is 0 Å². The van der Waals surface area contributed by atoms with Gasteiger partial charge < -0.3 is 15.4 Å². The Balaban J connectivity index is 2.21. The molecule has 1 aliphatic heterocycles. The second-order valence-electron chi connectivity index (χ2n) is 5.52. The lowest BCUT2D eigenvalue weighted by Gasteiger charge is -2.39. The fourth-order valence-electron chi connectivity index (χ4n) is 2.32. The van der Waals surface area contributed by atoms with Gasteiger partial charge in [-0.2, -0.15) is 0 Å². The Hall–Kier alpha value is -0.770. The molecule has 2 rings (SSSR count). The maximum Gasteiger partial charge on any atom is 0.0801 e. The summed E-state index contributed by atoms with van der Waals surface area (Å²) in [6.07, 6.45) is 0. The molecular weight excluding hydrogens is 248 g/mol. The first kappa shape index (κ1) is 13.7. The average molecular weight is 269 g/mol. The van der Waals surface area contributed by atoms with Crippen molar-refractivity contribution in [2.24, 2.45) is 5.73 Å². The van der Waals surface area contributed by atoms with Crippen molar-refractivity contribution in [1.82, 2.24) is 0 Å². The van der Waals surface area contributed by atoms with Crippen LogP contribution in [0.3, 0.4) is 0 Å². The van der Waals surface area contributed by atoms with E-state index >= 15 is 0 Å². The van der Waals surface area contributed by atoms with Gasteiger partial charge in [-0.1, -0.05) is 17.7 Å². The van der Waals surface area contributed by atoms with Crippen LogP contribution in [0.15, 0.2) is 18.2 Å². The zero-order valence-corrected chi connectivity index (χ0v) is 12.0. The summed E-state index contributed by atoms with van der Waals surface area (Å²) in [4.78, 5) is 2.31. The van der Waals surface area contributed by atoms with Crippen molar-refractivity contribution in [3.8, 4) is 0 Å². The van der Waals surface area contributed by atoms with Crippen molar-refractivity contribution in [2.75, 3.05) is 24.6 Å². The first-order chi connectivity index (χ1) is 8.39. The van der Waals surface area contributed by atoms with Gasteiger partial charge in [0.1, 0.15) is 0 Å². The molecule has 0 bridgehead atoms. The summed E-state index contributed by atoms with van der Waals surface area (Å²) in [5.74, 6) is 0. The Morgan fingerprint density at radius 1 is 1.44 bits per heavy atom. The Labute approximate surface area is 114 Å². The van der Waals surface area contributed by atoms with Crippen LogP contribution in [0.2, 0.25) is 5.02 Å². The quantitative estimate of drug-likeness (QED) is 0.896. The highest BCUT2D eigenvalue weighted by Gasteiger charge is 2.27. The molecule has 3 nitrogen and oxygen atoms in total. The van der Waals surface area contributed by atoms with Crippen LogP contribution >= 0.6 is 11.6 Å². The molecule has 2 N–H and O–H groups in total. The summed E-state index contributed by atoms with van der Waals surface area (Å²) in [7, 11) is 0. The standard InChI is InChI=1S/C14H21ClN2O/c1-10(16)12-5-4-11(8-13(12)15)17-6-7-18-14(2,3)9-17/h4-5,8,10H,6-7,9,16H2,1-3H3. The molecule has 0 amide bonds. The highest BCUT2D eigenvalue weighted by atomic mass is 35.5. The molecule has 1 heterocycles. The van der Waals surface area contributed by atoms with Crippen LogP contribution in [-0.4, -0.2) is 25.3 Å². The van der Waals surface area contributed by atoms with E-state index in [0.717, 1.165) is 36.0 Å². The summed E-state index contributed by atoms with van der Waals surface area (Å²) in [5, 5.41) is 0.742. The summed E-state index contributed by atoms with van der Waals surface area (Å²) in [6.45, 7) is 8.69. The molecule has 4 heteroatoms. The maximum absolute atomic E-state index is 6.28. The van der Waals surface area contributed by atoms with E-state index in [1.165, 1.54) is 0 Å². The second kappa shape index (κ2) is 5.08. The first-order valence-electron chi connectivity index (χ1n) is 6.33. The molecule has 0 radical (unpaired) electrons. The molecule has 1 aromatic rings. The summed E-state index contributed by atoms with van der Waals surface area (Å²) >= 11 is 6.28. The van der Waals surface area contributed by atoms with Crippen LogP contribution in [0.1, 0.15) is 32.4 Å². The Morgan fingerprint density at radius 2 is 2.17 bits per heavy atom. The molecule has 1 aliphatic rings. The molecule has 1 saturated heterocycles. The van der Waals surface area contributed by atoms with Gasteiger partial charge in [-0.25, -0.2) is 0 Å². The Kier molecular flexibility index (Phi) is 3.85. The van der Waals surface area contributed by atoms with Crippen LogP contribution in [0.4, 0.5) is 5.69 Å². The van der Waals surface area contributed by atoms with Gasteiger partial charge in [0.2, 0.25) is 0 Å². The molecular formula is C14H21ClN2O. The smallest absolute Gasteiger partial charge is 0.0801 e. The van der Waals surface area contributed by atoms with Crippen molar-refractivity contribution in [3.05, 3.63) is 28.8 Å². The van der Waals surface area contributed by atoms with Gasteiger partial charge in [-0.15, -0.1) is 0 Å². The number of rotatable bonds is 2.